The van der Waals surface area contributed by atoms with Crippen molar-refractivity contribution in [1.29, 1.82) is 0 Å². The highest BCUT2D eigenvalue weighted by atomic mass is 35.5. The molecule has 3 heteroatoms. The number of hydrogen-bond donors (Lipinski definition) is 0. The van der Waals surface area contributed by atoms with Gasteiger partial charge in [-0.1, -0.05) is 0 Å². The third-order valence-electron chi connectivity index (χ3n) is 2.83. The van der Waals surface area contributed by atoms with E-state index in [0.29, 0.717) is 17.6 Å². The first-order valence-corrected chi connectivity index (χ1v) is 5.65. The first-order valence-electron chi connectivity index (χ1n) is 5.22. The van der Waals surface area contributed by atoms with Crippen LogP contribution in [0.15, 0.2) is 0 Å². The number of hydrogen-bond acceptors (Lipinski definition) is 2. The van der Waals surface area contributed by atoms with Gasteiger partial charge in [0, 0.05) is 12.0 Å². The molecule has 1 unspecified atom stereocenters. The van der Waals surface area contributed by atoms with Crippen molar-refractivity contribution in [2.24, 2.45) is 0 Å². The molecule has 0 bridgehead atoms. The van der Waals surface area contributed by atoms with Gasteiger partial charge in [-0.05, 0) is 32.1 Å². The van der Waals surface area contributed by atoms with Gasteiger partial charge in [-0.15, -0.1) is 11.6 Å². The lowest BCUT2D eigenvalue weighted by molar-refractivity contribution is -0.0794. The SMILES string of the molecule is ClC1CC(OCC2CCCCO2)C1. The first kappa shape index (κ1) is 9.75. The van der Waals surface area contributed by atoms with Gasteiger partial charge in [-0.25, -0.2) is 0 Å². The minimum atomic E-state index is 0.350. The van der Waals surface area contributed by atoms with Gasteiger partial charge in [-0.3, -0.25) is 0 Å². The van der Waals surface area contributed by atoms with Gasteiger partial charge in [0.2, 0.25) is 0 Å². The van der Waals surface area contributed by atoms with Crippen LogP contribution in [-0.2, 0) is 9.47 Å². The summed E-state index contributed by atoms with van der Waals surface area (Å²) in [6.45, 7) is 1.69. The second kappa shape index (κ2) is 4.63. The fraction of sp³-hybridized carbons (Fsp3) is 1.00. The van der Waals surface area contributed by atoms with Crippen molar-refractivity contribution in [3.8, 4) is 0 Å². The summed E-state index contributed by atoms with van der Waals surface area (Å²) in [6, 6.07) is 0. The van der Waals surface area contributed by atoms with E-state index < -0.39 is 0 Å². The maximum absolute atomic E-state index is 5.85. The van der Waals surface area contributed by atoms with Gasteiger partial charge in [0.1, 0.15) is 0 Å². The Morgan fingerprint density at radius 3 is 2.77 bits per heavy atom. The lowest BCUT2D eigenvalue weighted by Gasteiger charge is -2.32. The van der Waals surface area contributed by atoms with Crippen molar-refractivity contribution < 1.29 is 9.47 Å². The van der Waals surface area contributed by atoms with E-state index in [-0.39, 0.29) is 0 Å². The third kappa shape index (κ3) is 2.83. The predicted octanol–water partition coefficient (Wildman–Crippen LogP) is 2.34. The Hall–Kier alpha value is 0.210. The normalized spacial score (nSPS) is 39.9. The Bertz CT molecular complexity index is 151. The molecule has 13 heavy (non-hydrogen) atoms. The summed E-state index contributed by atoms with van der Waals surface area (Å²) in [5.74, 6) is 0. The molecule has 1 aliphatic heterocycles. The van der Waals surface area contributed by atoms with Crippen LogP contribution in [0.2, 0.25) is 0 Å². The molecular weight excluding hydrogens is 188 g/mol. The zero-order valence-electron chi connectivity index (χ0n) is 7.88. The van der Waals surface area contributed by atoms with E-state index >= 15 is 0 Å². The smallest absolute Gasteiger partial charge is 0.0808 e. The van der Waals surface area contributed by atoms with Crippen molar-refractivity contribution in [2.75, 3.05) is 13.2 Å². The van der Waals surface area contributed by atoms with Crippen LogP contribution < -0.4 is 0 Å². The molecule has 0 amide bonds. The fourth-order valence-electron chi connectivity index (χ4n) is 1.82. The van der Waals surface area contributed by atoms with E-state index in [1.165, 1.54) is 12.8 Å². The molecule has 1 atom stereocenters. The highest BCUT2D eigenvalue weighted by molar-refractivity contribution is 6.21. The molecule has 0 aromatic rings. The summed E-state index contributed by atoms with van der Waals surface area (Å²) in [6.07, 6.45) is 6.47. The van der Waals surface area contributed by atoms with Crippen LogP contribution >= 0.6 is 11.6 Å². The van der Waals surface area contributed by atoms with Gasteiger partial charge in [0.05, 0.1) is 18.8 Å². The van der Waals surface area contributed by atoms with Gasteiger partial charge in [0.25, 0.3) is 0 Å². The van der Waals surface area contributed by atoms with E-state index in [1.54, 1.807) is 0 Å². The summed E-state index contributed by atoms with van der Waals surface area (Å²) < 4.78 is 11.2. The van der Waals surface area contributed by atoms with E-state index in [1.807, 2.05) is 0 Å². The quantitative estimate of drug-likeness (QED) is 0.657. The number of rotatable bonds is 3. The molecular formula is C10H17ClO2. The average molecular weight is 205 g/mol. The van der Waals surface area contributed by atoms with Crippen LogP contribution in [0.1, 0.15) is 32.1 Å². The third-order valence-corrected chi connectivity index (χ3v) is 3.19. The van der Waals surface area contributed by atoms with E-state index in [9.17, 15) is 0 Å². The van der Waals surface area contributed by atoms with E-state index in [4.69, 9.17) is 21.1 Å². The minimum absolute atomic E-state index is 0.350. The summed E-state index contributed by atoms with van der Waals surface area (Å²) in [7, 11) is 0. The molecule has 1 aliphatic carbocycles. The van der Waals surface area contributed by atoms with Crippen LogP contribution in [0, 0.1) is 0 Å². The standard InChI is InChI=1S/C10H17ClO2/c11-8-5-10(6-8)13-7-9-3-1-2-4-12-9/h8-10H,1-7H2. The molecule has 2 rings (SSSR count). The molecule has 0 spiro atoms. The number of halogens is 1. The zero-order chi connectivity index (χ0) is 9.10. The number of ether oxygens (including phenoxy) is 2. The van der Waals surface area contributed by atoms with Crippen LogP contribution in [0.3, 0.4) is 0 Å². The minimum Gasteiger partial charge on any atom is -0.376 e. The second-order valence-electron chi connectivity index (χ2n) is 4.01. The molecule has 0 aromatic carbocycles. The van der Waals surface area contributed by atoms with Gasteiger partial charge in [0.15, 0.2) is 0 Å². The van der Waals surface area contributed by atoms with E-state index in [2.05, 4.69) is 0 Å². The molecule has 1 heterocycles. The van der Waals surface area contributed by atoms with Crippen LogP contribution in [0.5, 0.6) is 0 Å². The van der Waals surface area contributed by atoms with Crippen LogP contribution in [0.25, 0.3) is 0 Å². The summed E-state index contributed by atoms with van der Waals surface area (Å²) in [5, 5.41) is 0.359. The van der Waals surface area contributed by atoms with Crippen molar-refractivity contribution in [1.82, 2.24) is 0 Å². The molecule has 0 radical (unpaired) electrons. The van der Waals surface area contributed by atoms with Gasteiger partial charge in [-0.2, -0.15) is 0 Å². The molecule has 2 nitrogen and oxygen atoms in total. The Balaban J connectivity index is 1.56. The summed E-state index contributed by atoms with van der Waals surface area (Å²) in [5.41, 5.74) is 0. The van der Waals surface area contributed by atoms with Gasteiger partial charge < -0.3 is 9.47 Å². The Kier molecular flexibility index (Phi) is 3.47. The Labute approximate surface area is 84.5 Å². The maximum Gasteiger partial charge on any atom is 0.0808 e. The maximum atomic E-state index is 5.85. The van der Waals surface area contributed by atoms with Crippen molar-refractivity contribution in [2.45, 2.75) is 49.7 Å². The summed E-state index contributed by atoms with van der Waals surface area (Å²) >= 11 is 5.85. The molecule has 0 N–H and O–H groups in total. The second-order valence-corrected chi connectivity index (χ2v) is 4.63. The van der Waals surface area contributed by atoms with Crippen LogP contribution in [0.4, 0.5) is 0 Å². The largest absolute Gasteiger partial charge is 0.376 e. The zero-order valence-corrected chi connectivity index (χ0v) is 8.63. The monoisotopic (exact) mass is 204 g/mol. The molecule has 1 saturated heterocycles. The topological polar surface area (TPSA) is 18.5 Å². The van der Waals surface area contributed by atoms with Crippen molar-refractivity contribution >= 4 is 11.6 Å². The molecule has 0 aromatic heterocycles. The molecule has 76 valence electrons. The van der Waals surface area contributed by atoms with Crippen molar-refractivity contribution in [3.63, 3.8) is 0 Å². The number of alkyl halides is 1. The lowest BCUT2D eigenvalue weighted by Crippen LogP contribution is -2.35. The van der Waals surface area contributed by atoms with Gasteiger partial charge >= 0.3 is 0 Å². The average Bonchev–Trinajstić information content (AvgIpc) is 2.12. The highest BCUT2D eigenvalue weighted by Gasteiger charge is 2.28. The Morgan fingerprint density at radius 2 is 2.15 bits per heavy atom. The van der Waals surface area contributed by atoms with E-state index in [0.717, 1.165) is 32.5 Å². The first-order chi connectivity index (χ1) is 6.34. The highest BCUT2D eigenvalue weighted by Crippen LogP contribution is 2.28. The summed E-state index contributed by atoms with van der Waals surface area (Å²) in [4.78, 5) is 0. The van der Waals surface area contributed by atoms with Crippen LogP contribution in [-0.4, -0.2) is 30.8 Å². The molecule has 2 fully saturated rings. The Morgan fingerprint density at radius 1 is 1.31 bits per heavy atom. The lowest BCUT2D eigenvalue weighted by atomic mass is 9.95. The molecule has 2 aliphatic rings. The predicted molar refractivity (Wildman–Crippen MR) is 52.2 cm³/mol. The fourth-order valence-corrected chi connectivity index (χ4v) is 2.22. The molecule has 1 saturated carbocycles. The van der Waals surface area contributed by atoms with Crippen molar-refractivity contribution in [3.05, 3.63) is 0 Å².